The first-order valence-electron chi connectivity index (χ1n) is 10.3. The van der Waals surface area contributed by atoms with Crippen LogP contribution >= 0.6 is 11.6 Å². The number of aromatic nitrogens is 1. The highest BCUT2D eigenvalue weighted by molar-refractivity contribution is 6.29. The normalized spacial score (nSPS) is 17.6. The van der Waals surface area contributed by atoms with Gasteiger partial charge >= 0.3 is 0 Å². The van der Waals surface area contributed by atoms with Crippen molar-refractivity contribution in [2.75, 3.05) is 27.3 Å². The molecule has 0 radical (unpaired) electrons. The molecule has 30 heavy (non-hydrogen) atoms. The quantitative estimate of drug-likeness (QED) is 0.627. The predicted molar refractivity (Wildman–Crippen MR) is 119 cm³/mol. The van der Waals surface area contributed by atoms with Crippen molar-refractivity contribution in [3.8, 4) is 11.6 Å². The van der Waals surface area contributed by atoms with E-state index in [0.717, 1.165) is 30.7 Å². The number of aryl methyl sites for hydroxylation is 1. The summed E-state index contributed by atoms with van der Waals surface area (Å²) in [6.45, 7) is 6.01. The number of rotatable bonds is 8. The van der Waals surface area contributed by atoms with E-state index in [9.17, 15) is 4.79 Å². The summed E-state index contributed by atoms with van der Waals surface area (Å²) in [5.74, 6) is 1.08. The first-order chi connectivity index (χ1) is 14.4. The fourth-order valence-corrected chi connectivity index (χ4v) is 4.39. The number of nitrogens with zero attached hydrogens (tertiary/aromatic N) is 2. The Morgan fingerprint density at radius 1 is 1.30 bits per heavy atom. The second-order valence-corrected chi connectivity index (χ2v) is 8.09. The minimum Gasteiger partial charge on any atom is -0.496 e. The van der Waals surface area contributed by atoms with E-state index >= 15 is 0 Å². The summed E-state index contributed by atoms with van der Waals surface area (Å²) in [6, 6.07) is 10.3. The number of carbonyl (C=O) groups is 1. The lowest BCUT2D eigenvalue weighted by atomic mass is 10.0. The molecular formula is C23H30ClN3O3. The fourth-order valence-electron chi connectivity index (χ4n) is 4.19. The first-order valence-corrected chi connectivity index (χ1v) is 10.7. The maximum Gasteiger partial charge on any atom is 0.251 e. The van der Waals surface area contributed by atoms with Crippen molar-refractivity contribution >= 4 is 17.5 Å². The molecule has 0 saturated carbocycles. The maximum absolute atomic E-state index is 12.5. The van der Waals surface area contributed by atoms with E-state index in [1.807, 2.05) is 6.07 Å². The Morgan fingerprint density at radius 2 is 2.10 bits per heavy atom. The Morgan fingerprint density at radius 3 is 2.80 bits per heavy atom. The molecule has 7 heteroatoms. The summed E-state index contributed by atoms with van der Waals surface area (Å²) in [7, 11) is 3.20. The van der Waals surface area contributed by atoms with Crippen LogP contribution in [0.3, 0.4) is 0 Å². The average molecular weight is 432 g/mol. The van der Waals surface area contributed by atoms with Gasteiger partial charge in [-0.15, -0.1) is 0 Å². The van der Waals surface area contributed by atoms with Crippen LogP contribution in [0.15, 0.2) is 30.3 Å². The van der Waals surface area contributed by atoms with Crippen LogP contribution in [0.1, 0.15) is 53.7 Å². The number of ether oxygens (including phenoxy) is 2. The summed E-state index contributed by atoms with van der Waals surface area (Å²) in [6.07, 6.45) is 3.22. The molecule has 1 aromatic carbocycles. The van der Waals surface area contributed by atoms with E-state index in [-0.39, 0.29) is 11.1 Å². The Balaban J connectivity index is 1.58. The summed E-state index contributed by atoms with van der Waals surface area (Å²) in [5, 5.41) is 3.24. The van der Waals surface area contributed by atoms with Gasteiger partial charge in [-0.3, -0.25) is 9.69 Å². The summed E-state index contributed by atoms with van der Waals surface area (Å²) >= 11 is 5.97. The molecule has 1 fully saturated rings. The fraction of sp³-hybridized carbons (Fsp3) is 0.478. The van der Waals surface area contributed by atoms with Gasteiger partial charge in [-0.1, -0.05) is 23.7 Å². The van der Waals surface area contributed by atoms with Crippen LogP contribution in [0.2, 0.25) is 5.15 Å². The highest BCUT2D eigenvalue weighted by Crippen LogP contribution is 2.32. The number of hydrogen-bond donors (Lipinski definition) is 1. The molecule has 3 rings (SSSR count). The SMILES string of the molecule is COc1cc(C(=O)NCCC2CCCN2C(C)c2ccc(OC)c(C)c2)cc(Cl)n1. The molecular weight excluding hydrogens is 402 g/mol. The van der Waals surface area contributed by atoms with Crippen molar-refractivity contribution in [1.29, 1.82) is 0 Å². The van der Waals surface area contributed by atoms with E-state index in [4.69, 9.17) is 21.1 Å². The molecule has 1 N–H and O–H groups in total. The monoisotopic (exact) mass is 431 g/mol. The Bertz CT molecular complexity index is 890. The molecule has 1 aliphatic heterocycles. The van der Waals surface area contributed by atoms with Gasteiger partial charge < -0.3 is 14.8 Å². The van der Waals surface area contributed by atoms with Gasteiger partial charge in [-0.2, -0.15) is 0 Å². The molecule has 2 heterocycles. The summed E-state index contributed by atoms with van der Waals surface area (Å²) < 4.78 is 10.5. The molecule has 1 amide bonds. The number of nitrogens with one attached hydrogen (secondary N) is 1. The first kappa shape index (κ1) is 22.4. The van der Waals surface area contributed by atoms with Crippen molar-refractivity contribution in [3.63, 3.8) is 0 Å². The maximum atomic E-state index is 12.5. The Labute approximate surface area is 183 Å². The van der Waals surface area contributed by atoms with E-state index in [1.54, 1.807) is 19.2 Å². The minimum atomic E-state index is -0.166. The molecule has 2 atom stereocenters. The lowest BCUT2D eigenvalue weighted by molar-refractivity contribution is 0.0947. The smallest absolute Gasteiger partial charge is 0.251 e. The minimum absolute atomic E-state index is 0.166. The Kier molecular flexibility index (Phi) is 7.56. The van der Waals surface area contributed by atoms with Gasteiger partial charge in [0, 0.05) is 30.3 Å². The zero-order valence-electron chi connectivity index (χ0n) is 18.1. The van der Waals surface area contributed by atoms with Crippen molar-refractivity contribution in [1.82, 2.24) is 15.2 Å². The van der Waals surface area contributed by atoms with Crippen LogP contribution in [0.5, 0.6) is 11.6 Å². The largest absolute Gasteiger partial charge is 0.496 e. The molecule has 0 aliphatic carbocycles. The van der Waals surface area contributed by atoms with Crippen LogP contribution in [-0.2, 0) is 0 Å². The number of pyridine rings is 1. The van der Waals surface area contributed by atoms with Gasteiger partial charge in [0.2, 0.25) is 5.88 Å². The van der Waals surface area contributed by atoms with Gasteiger partial charge in [-0.25, -0.2) is 4.98 Å². The Hall–Kier alpha value is -2.31. The number of likely N-dealkylation sites (tertiary alicyclic amines) is 1. The number of halogens is 1. The molecule has 6 nitrogen and oxygen atoms in total. The van der Waals surface area contributed by atoms with Gasteiger partial charge in [0.05, 0.1) is 14.2 Å². The second-order valence-electron chi connectivity index (χ2n) is 7.70. The van der Waals surface area contributed by atoms with Crippen LogP contribution in [0, 0.1) is 6.92 Å². The molecule has 1 aliphatic rings. The highest BCUT2D eigenvalue weighted by Gasteiger charge is 2.29. The van der Waals surface area contributed by atoms with E-state index < -0.39 is 0 Å². The predicted octanol–water partition coefficient (Wildman–Crippen LogP) is 4.41. The van der Waals surface area contributed by atoms with Crippen molar-refractivity contribution in [2.45, 2.75) is 45.2 Å². The molecule has 162 valence electrons. The number of hydrogen-bond acceptors (Lipinski definition) is 5. The summed E-state index contributed by atoms with van der Waals surface area (Å²) in [5.41, 5.74) is 2.90. The topological polar surface area (TPSA) is 63.7 Å². The van der Waals surface area contributed by atoms with Gasteiger partial charge in [0.15, 0.2) is 0 Å². The molecule has 0 bridgehead atoms. The van der Waals surface area contributed by atoms with Crippen LogP contribution in [0.4, 0.5) is 0 Å². The molecule has 1 saturated heterocycles. The summed E-state index contributed by atoms with van der Waals surface area (Å²) in [4.78, 5) is 19.0. The van der Waals surface area contributed by atoms with Crippen molar-refractivity contribution in [2.24, 2.45) is 0 Å². The van der Waals surface area contributed by atoms with Crippen molar-refractivity contribution in [3.05, 3.63) is 52.2 Å². The zero-order valence-corrected chi connectivity index (χ0v) is 18.8. The molecule has 2 unspecified atom stereocenters. The van der Waals surface area contributed by atoms with Crippen LogP contribution < -0.4 is 14.8 Å². The standard InChI is InChI=1S/C23H30ClN3O3/c1-15-12-17(7-8-20(15)29-3)16(2)27-11-5-6-19(27)9-10-25-23(28)18-13-21(24)26-22(14-18)30-4/h7-8,12-14,16,19H,5-6,9-11H2,1-4H3,(H,25,28). The van der Waals surface area contributed by atoms with Crippen LogP contribution in [0.25, 0.3) is 0 Å². The van der Waals surface area contributed by atoms with Gasteiger partial charge in [-0.05, 0) is 62.9 Å². The molecule has 2 aromatic rings. The molecule has 0 spiro atoms. The van der Waals surface area contributed by atoms with Gasteiger partial charge in [0.1, 0.15) is 10.9 Å². The molecule has 1 aromatic heterocycles. The average Bonchev–Trinajstić information content (AvgIpc) is 3.21. The lowest BCUT2D eigenvalue weighted by Crippen LogP contribution is -2.35. The zero-order chi connectivity index (χ0) is 21.7. The van der Waals surface area contributed by atoms with E-state index in [2.05, 4.69) is 41.2 Å². The number of carbonyl (C=O) groups excluding carboxylic acids is 1. The number of methoxy groups -OCH3 is 2. The van der Waals surface area contributed by atoms with Gasteiger partial charge in [0.25, 0.3) is 5.91 Å². The third-order valence-corrected chi connectivity index (χ3v) is 6.02. The van der Waals surface area contributed by atoms with E-state index in [1.165, 1.54) is 19.1 Å². The van der Waals surface area contributed by atoms with E-state index in [0.29, 0.717) is 30.1 Å². The number of benzene rings is 1. The van der Waals surface area contributed by atoms with Crippen molar-refractivity contribution < 1.29 is 14.3 Å². The third kappa shape index (κ3) is 5.24. The van der Waals surface area contributed by atoms with Crippen LogP contribution in [-0.4, -0.2) is 49.1 Å². The second kappa shape index (κ2) is 10.1. The highest BCUT2D eigenvalue weighted by atomic mass is 35.5. The lowest BCUT2D eigenvalue weighted by Gasteiger charge is -2.31. The number of amides is 1. The third-order valence-electron chi connectivity index (χ3n) is 5.83.